The van der Waals surface area contributed by atoms with Crippen molar-refractivity contribution in [2.75, 3.05) is 12.3 Å². The second kappa shape index (κ2) is 12.9. The minimum absolute atomic E-state index is 0.209. The Morgan fingerprint density at radius 3 is 2.18 bits per heavy atom. The van der Waals surface area contributed by atoms with E-state index in [1.54, 1.807) is 11.8 Å². The molecule has 1 aromatic heterocycles. The zero-order valence-corrected chi connectivity index (χ0v) is 23.4. The van der Waals surface area contributed by atoms with Gasteiger partial charge in [0, 0.05) is 10.6 Å². The van der Waals surface area contributed by atoms with Gasteiger partial charge in [-0.25, -0.2) is 4.79 Å². The topological polar surface area (TPSA) is 75.7 Å². The van der Waals surface area contributed by atoms with Gasteiger partial charge < -0.3 is 15.0 Å². The average Bonchev–Trinajstić information content (AvgIpc) is 3.43. The smallest absolute Gasteiger partial charge is 0.355 e. The quantitative estimate of drug-likeness (QED) is 0.198. The molecule has 4 rings (SSSR count). The van der Waals surface area contributed by atoms with E-state index in [1.807, 2.05) is 85.1 Å². The first-order chi connectivity index (χ1) is 18.3. The molecule has 1 unspecified atom stereocenters. The third-order valence-corrected chi connectivity index (χ3v) is 8.25. The summed E-state index contributed by atoms with van der Waals surface area (Å²) in [6.45, 7) is 6.27. The van der Waals surface area contributed by atoms with Crippen LogP contribution in [-0.2, 0) is 25.5 Å². The number of rotatable bonds is 11. The summed E-state index contributed by atoms with van der Waals surface area (Å²) in [5.74, 6) is -0.482. The number of nitrogens with zero attached hydrogens (tertiary/aromatic N) is 1. The van der Waals surface area contributed by atoms with Gasteiger partial charge >= 0.3 is 5.97 Å². The van der Waals surface area contributed by atoms with Crippen molar-refractivity contribution in [2.45, 2.75) is 44.6 Å². The van der Waals surface area contributed by atoms with Gasteiger partial charge in [0.2, 0.25) is 5.91 Å². The molecule has 198 valence electrons. The van der Waals surface area contributed by atoms with Crippen molar-refractivity contribution < 1.29 is 19.1 Å². The van der Waals surface area contributed by atoms with Crippen LogP contribution in [0.1, 0.15) is 42.9 Å². The Labute approximate surface area is 232 Å². The van der Waals surface area contributed by atoms with Gasteiger partial charge in [-0.05, 0) is 40.3 Å². The first-order valence-electron chi connectivity index (χ1n) is 12.6. The summed E-state index contributed by atoms with van der Waals surface area (Å²) in [5.41, 5.74) is 2.71. The number of nitrogens with one attached hydrogen (secondary N) is 1. The Hall–Kier alpha value is -3.36. The molecule has 38 heavy (non-hydrogen) atoms. The van der Waals surface area contributed by atoms with Gasteiger partial charge in [0.25, 0.3) is 5.91 Å². The van der Waals surface area contributed by atoms with Crippen LogP contribution < -0.4 is 5.32 Å². The molecule has 1 saturated heterocycles. The molecule has 0 saturated carbocycles. The molecule has 0 radical (unpaired) electrons. The summed E-state index contributed by atoms with van der Waals surface area (Å²) in [4.78, 5) is 41.8. The first kappa shape index (κ1) is 27.7. The lowest BCUT2D eigenvalue weighted by Gasteiger charge is -2.40. The van der Waals surface area contributed by atoms with Crippen LogP contribution in [0.2, 0.25) is 0 Å². The number of carbonyl (C=O) groups excluding carboxylic acids is 3. The number of ether oxygens (including phenoxy) is 1. The van der Waals surface area contributed by atoms with Crippen LogP contribution in [0.4, 0.5) is 0 Å². The molecule has 1 aliphatic rings. The van der Waals surface area contributed by atoms with Crippen molar-refractivity contribution in [3.05, 3.63) is 105 Å². The van der Waals surface area contributed by atoms with Crippen molar-refractivity contribution in [2.24, 2.45) is 0 Å². The Bertz CT molecular complexity index is 1230. The minimum atomic E-state index is -0.658. The predicted molar refractivity (Wildman–Crippen MR) is 153 cm³/mol. The zero-order valence-electron chi connectivity index (χ0n) is 21.8. The van der Waals surface area contributed by atoms with Crippen molar-refractivity contribution in [3.63, 3.8) is 0 Å². The first-order valence-corrected chi connectivity index (χ1v) is 14.5. The lowest BCUT2D eigenvalue weighted by atomic mass is 10.0. The predicted octanol–water partition coefficient (Wildman–Crippen LogP) is 5.37. The lowest BCUT2D eigenvalue weighted by Crippen LogP contribution is -2.64. The largest absolute Gasteiger partial charge is 0.448 e. The van der Waals surface area contributed by atoms with Crippen molar-refractivity contribution in [3.8, 4) is 0 Å². The summed E-state index contributed by atoms with van der Waals surface area (Å²) in [7, 11) is 0. The third-order valence-electron chi connectivity index (χ3n) is 6.11. The van der Waals surface area contributed by atoms with Gasteiger partial charge in [-0.1, -0.05) is 80.6 Å². The number of hydrogen-bond acceptors (Lipinski definition) is 6. The van der Waals surface area contributed by atoms with Crippen molar-refractivity contribution >= 4 is 40.9 Å². The maximum Gasteiger partial charge on any atom is 0.355 e. The molecule has 0 spiro atoms. The van der Waals surface area contributed by atoms with E-state index in [0.717, 1.165) is 21.6 Å². The molecule has 1 fully saturated rings. The third kappa shape index (κ3) is 6.94. The van der Waals surface area contributed by atoms with Gasteiger partial charge in [0.1, 0.15) is 11.7 Å². The number of likely N-dealkylation sites (tertiary alicyclic amines) is 1. The maximum absolute atomic E-state index is 13.7. The van der Waals surface area contributed by atoms with Gasteiger partial charge in [-0.3, -0.25) is 9.59 Å². The standard InChI is InChI=1S/C30H32N2O4S2/c1-20(2)38-19-21(3)27(32-18-25(29(32)34)31-26(33)17-24-15-10-16-37-24)30(35)36-28(22-11-6-4-7-12-22)23-13-8-5-9-14-23/h4-16,20,25,28H,17-19H2,1-3H3,(H,31,33). The molecule has 0 aliphatic carbocycles. The molecule has 6 nitrogen and oxygen atoms in total. The van der Waals surface area contributed by atoms with E-state index in [1.165, 1.54) is 16.2 Å². The number of amides is 2. The maximum atomic E-state index is 13.7. The van der Waals surface area contributed by atoms with Crippen LogP contribution in [0.15, 0.2) is 89.4 Å². The van der Waals surface area contributed by atoms with Crippen LogP contribution >= 0.6 is 23.1 Å². The molecule has 2 amide bonds. The molecular formula is C30H32N2O4S2. The van der Waals surface area contributed by atoms with Crippen LogP contribution in [0.25, 0.3) is 0 Å². The zero-order chi connectivity index (χ0) is 27.1. The fraction of sp³-hybridized carbons (Fsp3) is 0.300. The number of hydrogen-bond donors (Lipinski definition) is 1. The molecule has 1 atom stereocenters. The Morgan fingerprint density at radius 1 is 1.03 bits per heavy atom. The van der Waals surface area contributed by atoms with Crippen LogP contribution in [-0.4, -0.2) is 46.3 Å². The molecule has 0 bridgehead atoms. The highest BCUT2D eigenvalue weighted by Crippen LogP contribution is 2.30. The number of thiophene rings is 1. The molecular weight excluding hydrogens is 516 g/mol. The molecule has 2 heterocycles. The van der Waals surface area contributed by atoms with Crippen molar-refractivity contribution in [1.29, 1.82) is 0 Å². The van der Waals surface area contributed by atoms with E-state index < -0.39 is 18.1 Å². The highest BCUT2D eigenvalue weighted by molar-refractivity contribution is 8.00. The van der Waals surface area contributed by atoms with E-state index in [9.17, 15) is 14.4 Å². The monoisotopic (exact) mass is 548 g/mol. The van der Waals surface area contributed by atoms with Gasteiger partial charge in [0.05, 0.1) is 13.0 Å². The van der Waals surface area contributed by atoms with Crippen LogP contribution in [0, 0.1) is 0 Å². The van der Waals surface area contributed by atoms with Crippen molar-refractivity contribution in [1.82, 2.24) is 10.2 Å². The molecule has 2 aromatic carbocycles. The number of carbonyl (C=O) groups is 3. The highest BCUT2D eigenvalue weighted by atomic mass is 32.2. The Morgan fingerprint density at radius 2 is 1.66 bits per heavy atom. The second-order valence-electron chi connectivity index (χ2n) is 9.42. The molecule has 1 N–H and O–H groups in total. The molecule has 1 aliphatic heterocycles. The normalized spacial score (nSPS) is 15.8. The van der Waals surface area contributed by atoms with E-state index in [0.29, 0.717) is 11.0 Å². The van der Waals surface area contributed by atoms with Crippen LogP contribution in [0.5, 0.6) is 0 Å². The highest BCUT2D eigenvalue weighted by Gasteiger charge is 2.43. The summed E-state index contributed by atoms with van der Waals surface area (Å²) in [6, 6.07) is 22.3. The number of esters is 1. The average molecular weight is 549 g/mol. The fourth-order valence-electron chi connectivity index (χ4n) is 4.17. The Kier molecular flexibility index (Phi) is 9.42. The summed E-state index contributed by atoms with van der Waals surface area (Å²) >= 11 is 3.19. The van der Waals surface area contributed by atoms with E-state index in [4.69, 9.17) is 4.74 Å². The number of β-lactam (4-membered cyclic amide) rings is 1. The minimum Gasteiger partial charge on any atom is -0.448 e. The number of thioether (sulfide) groups is 1. The lowest BCUT2D eigenvalue weighted by molar-refractivity contribution is -0.153. The Balaban J connectivity index is 1.54. The molecule has 3 aromatic rings. The summed E-state index contributed by atoms with van der Waals surface area (Å²) in [5, 5.41) is 5.08. The molecule has 8 heteroatoms. The second-order valence-corrected chi connectivity index (χ2v) is 12.0. The van der Waals surface area contributed by atoms with E-state index in [-0.39, 0.29) is 30.5 Å². The van der Waals surface area contributed by atoms with Gasteiger partial charge in [0.15, 0.2) is 6.10 Å². The summed E-state index contributed by atoms with van der Waals surface area (Å²) in [6.07, 6.45) is -0.394. The van der Waals surface area contributed by atoms with Gasteiger partial charge in [-0.15, -0.1) is 11.3 Å². The van der Waals surface area contributed by atoms with Crippen LogP contribution in [0.3, 0.4) is 0 Å². The fourth-order valence-corrected chi connectivity index (χ4v) is 5.60. The van der Waals surface area contributed by atoms with Gasteiger partial charge in [-0.2, -0.15) is 11.8 Å². The SMILES string of the molecule is CC(CSC(C)C)=C(C(=O)OC(c1ccccc1)c1ccccc1)N1CC(NC(=O)Cc2cccs2)C1=O. The van der Waals surface area contributed by atoms with E-state index >= 15 is 0 Å². The summed E-state index contributed by atoms with van der Waals surface area (Å²) < 4.78 is 6.12. The van der Waals surface area contributed by atoms with E-state index in [2.05, 4.69) is 19.2 Å². The number of benzene rings is 2.